The summed E-state index contributed by atoms with van der Waals surface area (Å²) >= 11 is 0. The summed E-state index contributed by atoms with van der Waals surface area (Å²) in [4.78, 5) is 25.5. The van der Waals surface area contributed by atoms with Crippen LogP contribution in [0.3, 0.4) is 0 Å². The fourth-order valence-electron chi connectivity index (χ4n) is 11.0. The van der Waals surface area contributed by atoms with Crippen molar-refractivity contribution < 1.29 is 14.7 Å². The number of hydrogen-bond acceptors (Lipinski definition) is 2. The van der Waals surface area contributed by atoms with Gasteiger partial charge >= 0.3 is 5.97 Å². The summed E-state index contributed by atoms with van der Waals surface area (Å²) in [6.45, 7) is 16.0. The molecule has 0 heterocycles. The van der Waals surface area contributed by atoms with Gasteiger partial charge in [0.1, 0.15) is 5.78 Å². The fourth-order valence-corrected chi connectivity index (χ4v) is 11.0. The summed E-state index contributed by atoms with van der Waals surface area (Å²) < 4.78 is 0. The number of carboxylic acid groups (broad SMARTS) is 1. The quantitative estimate of drug-likeness (QED) is 0.475. The van der Waals surface area contributed by atoms with E-state index in [9.17, 15) is 14.7 Å². The average molecular weight is 441 g/mol. The third-order valence-corrected chi connectivity index (χ3v) is 12.4. The minimum Gasteiger partial charge on any atom is -0.481 e. The molecular weight excluding hydrogens is 396 g/mol. The van der Waals surface area contributed by atoms with Crippen molar-refractivity contribution in [3.8, 4) is 0 Å². The molecule has 0 aromatic rings. The predicted octanol–water partition coefficient (Wildman–Crippen LogP) is 6.91. The smallest absolute Gasteiger partial charge is 0.309 e. The van der Waals surface area contributed by atoms with Gasteiger partial charge < -0.3 is 5.11 Å². The SMILES string of the molecule is C=C(C)[C@@H]1CC[C@]2(C(=O)O)CCC3C(CC[C@@H]4[C@@]5(C)CCC(=O)C(C)(C)[C@@H]5CC[C@@]34C)C12. The third kappa shape index (κ3) is 2.66. The van der Waals surface area contributed by atoms with Crippen LogP contribution in [0.4, 0.5) is 0 Å². The highest BCUT2D eigenvalue weighted by atomic mass is 16.4. The van der Waals surface area contributed by atoms with Crippen LogP contribution >= 0.6 is 0 Å². The average Bonchev–Trinajstić information content (AvgIpc) is 3.12. The van der Waals surface area contributed by atoms with Crippen LogP contribution in [0, 0.1) is 57.2 Å². The molecule has 0 aromatic heterocycles. The van der Waals surface area contributed by atoms with E-state index in [1.54, 1.807) is 0 Å². The van der Waals surface area contributed by atoms with E-state index in [0.717, 1.165) is 44.9 Å². The summed E-state index contributed by atoms with van der Waals surface area (Å²) in [5, 5.41) is 10.4. The molecule has 3 unspecified atom stereocenters. The third-order valence-electron chi connectivity index (χ3n) is 12.4. The second kappa shape index (κ2) is 6.95. The van der Waals surface area contributed by atoms with Crippen molar-refractivity contribution in [2.75, 3.05) is 0 Å². The van der Waals surface area contributed by atoms with E-state index in [0.29, 0.717) is 35.4 Å². The molecule has 0 radical (unpaired) electrons. The zero-order valence-electron chi connectivity index (χ0n) is 21.0. The minimum absolute atomic E-state index is 0.202. The van der Waals surface area contributed by atoms with Crippen molar-refractivity contribution in [3.05, 3.63) is 12.2 Å². The summed E-state index contributed by atoms with van der Waals surface area (Å²) in [6, 6.07) is 0. The van der Waals surface area contributed by atoms with Gasteiger partial charge in [0.25, 0.3) is 0 Å². The molecule has 1 N–H and O–H groups in total. The monoisotopic (exact) mass is 440 g/mol. The van der Waals surface area contributed by atoms with Crippen LogP contribution in [-0.4, -0.2) is 16.9 Å². The maximum atomic E-state index is 12.8. The molecule has 0 bridgehead atoms. The highest BCUT2D eigenvalue weighted by Crippen LogP contribution is 2.73. The van der Waals surface area contributed by atoms with Crippen LogP contribution < -0.4 is 0 Å². The Morgan fingerprint density at radius 2 is 1.59 bits per heavy atom. The highest BCUT2D eigenvalue weighted by Gasteiger charge is 2.68. The Hall–Kier alpha value is -1.12. The van der Waals surface area contributed by atoms with Crippen molar-refractivity contribution >= 4 is 11.8 Å². The standard InChI is InChI=1S/C29H44O3/c1-17(2)18-9-15-29(25(31)32)16-10-20-19(24(18)29)7-8-22-27(20,5)13-11-21-26(3,4)23(30)12-14-28(21,22)6/h18-22,24H,1,7-16H2,2-6H3,(H,31,32)/t18-,19?,20?,21-,22-,24?,27-,28-,29-/m0/s1. The van der Waals surface area contributed by atoms with Crippen LogP contribution in [0.15, 0.2) is 12.2 Å². The number of hydrogen-bond donors (Lipinski definition) is 1. The number of Topliss-reactive ketones (excluding diaryl/α,β-unsaturated/α-hetero) is 1. The summed E-state index contributed by atoms with van der Waals surface area (Å²) in [7, 11) is 0. The molecule has 0 spiro atoms. The van der Waals surface area contributed by atoms with Crippen molar-refractivity contribution in [1.29, 1.82) is 0 Å². The van der Waals surface area contributed by atoms with Gasteiger partial charge in [0.2, 0.25) is 0 Å². The Balaban J connectivity index is 1.52. The van der Waals surface area contributed by atoms with Crippen molar-refractivity contribution in [2.45, 2.75) is 98.8 Å². The molecule has 9 atom stereocenters. The highest BCUT2D eigenvalue weighted by molar-refractivity contribution is 5.85. The second-order valence-electron chi connectivity index (χ2n) is 13.7. The van der Waals surface area contributed by atoms with Gasteiger partial charge in [0.05, 0.1) is 5.41 Å². The number of carbonyl (C=O) groups is 2. The normalized spacial score (nSPS) is 51.7. The lowest BCUT2D eigenvalue weighted by Gasteiger charge is -2.68. The van der Waals surface area contributed by atoms with Gasteiger partial charge in [-0.1, -0.05) is 39.8 Å². The lowest BCUT2D eigenvalue weighted by Crippen LogP contribution is -2.63. The molecule has 5 saturated carbocycles. The minimum atomic E-state index is -0.541. The van der Waals surface area contributed by atoms with Crippen LogP contribution in [0.1, 0.15) is 98.8 Å². The molecule has 178 valence electrons. The molecule has 3 heteroatoms. The predicted molar refractivity (Wildman–Crippen MR) is 127 cm³/mol. The number of rotatable bonds is 2. The zero-order chi connectivity index (χ0) is 23.3. The summed E-state index contributed by atoms with van der Waals surface area (Å²) in [6.07, 6.45) is 10.3. The topological polar surface area (TPSA) is 54.4 Å². The van der Waals surface area contributed by atoms with E-state index < -0.39 is 11.4 Å². The Bertz CT molecular complexity index is 856. The number of carboxylic acids is 1. The van der Waals surface area contributed by atoms with Gasteiger partial charge in [-0.05, 0) is 111 Å². The molecule has 0 aromatic carbocycles. The van der Waals surface area contributed by atoms with Crippen LogP contribution in [0.25, 0.3) is 0 Å². The lowest BCUT2D eigenvalue weighted by molar-refractivity contribution is -0.201. The first kappa shape index (κ1) is 22.7. The zero-order valence-corrected chi connectivity index (χ0v) is 21.0. The first-order valence-corrected chi connectivity index (χ1v) is 13.3. The lowest BCUT2D eigenvalue weighted by atomic mass is 9.36. The molecule has 0 aliphatic heterocycles. The van der Waals surface area contributed by atoms with E-state index in [2.05, 4.69) is 41.2 Å². The van der Waals surface area contributed by atoms with Gasteiger partial charge in [0.15, 0.2) is 0 Å². The Morgan fingerprint density at radius 1 is 0.906 bits per heavy atom. The maximum Gasteiger partial charge on any atom is 0.309 e. The first-order valence-electron chi connectivity index (χ1n) is 13.3. The van der Waals surface area contributed by atoms with Gasteiger partial charge in [-0.25, -0.2) is 0 Å². The largest absolute Gasteiger partial charge is 0.481 e. The molecule has 32 heavy (non-hydrogen) atoms. The number of fused-ring (bicyclic) bond motifs is 7. The van der Waals surface area contributed by atoms with Crippen LogP contribution in [0.5, 0.6) is 0 Å². The van der Waals surface area contributed by atoms with Crippen LogP contribution in [-0.2, 0) is 9.59 Å². The molecule has 5 aliphatic rings. The molecule has 0 saturated heterocycles. The van der Waals surface area contributed by atoms with Crippen molar-refractivity contribution in [3.63, 3.8) is 0 Å². The van der Waals surface area contributed by atoms with Crippen LogP contribution in [0.2, 0.25) is 0 Å². The van der Waals surface area contributed by atoms with Gasteiger partial charge in [-0.2, -0.15) is 0 Å². The summed E-state index contributed by atoms with van der Waals surface area (Å²) in [5.41, 5.74) is 0.993. The van der Waals surface area contributed by atoms with E-state index in [1.165, 1.54) is 24.8 Å². The Morgan fingerprint density at radius 3 is 2.25 bits per heavy atom. The van der Waals surface area contributed by atoms with Crippen molar-refractivity contribution in [2.24, 2.45) is 57.2 Å². The van der Waals surface area contributed by atoms with E-state index in [4.69, 9.17) is 0 Å². The van der Waals surface area contributed by atoms with E-state index >= 15 is 0 Å². The molecule has 5 rings (SSSR count). The fraction of sp³-hybridized carbons (Fsp3) is 0.862. The maximum absolute atomic E-state index is 12.8. The van der Waals surface area contributed by atoms with Gasteiger partial charge in [-0.15, -0.1) is 0 Å². The molecule has 5 aliphatic carbocycles. The van der Waals surface area contributed by atoms with Crippen molar-refractivity contribution in [1.82, 2.24) is 0 Å². The Labute approximate surface area is 194 Å². The molecule has 3 nitrogen and oxygen atoms in total. The molecular formula is C29H44O3. The Kier molecular flexibility index (Phi) is 4.92. The second-order valence-corrected chi connectivity index (χ2v) is 13.7. The molecule has 5 fully saturated rings. The van der Waals surface area contributed by atoms with E-state index in [-0.39, 0.29) is 22.2 Å². The van der Waals surface area contributed by atoms with Gasteiger partial charge in [0, 0.05) is 11.8 Å². The number of ketones is 1. The number of aliphatic carboxylic acids is 1. The first-order chi connectivity index (χ1) is 14.9. The number of allylic oxidation sites excluding steroid dienone is 1. The molecule has 0 amide bonds. The number of carbonyl (C=O) groups excluding carboxylic acids is 1. The summed E-state index contributed by atoms with van der Waals surface area (Å²) in [5.74, 6) is 2.85. The van der Waals surface area contributed by atoms with Gasteiger partial charge in [-0.3, -0.25) is 9.59 Å². The van der Waals surface area contributed by atoms with E-state index in [1.807, 2.05) is 0 Å².